The van der Waals surface area contributed by atoms with Crippen LogP contribution < -0.4 is 9.47 Å². The van der Waals surface area contributed by atoms with Gasteiger partial charge in [-0.25, -0.2) is 0 Å². The molecule has 2 nitrogen and oxygen atoms in total. The molecule has 6 aromatic carbocycles. The molecule has 3 aliphatic rings. The highest BCUT2D eigenvalue weighted by atomic mass is 16.5. The standard InChI is InChI=1S/C42H24O2/c1-3-27-15-13-21-33-39(27)40-28(4-2)16-14-22-34(40)42(31-19-7-11-25-37(31)44-38-26-12-8-20-32(38)42)41(33)29-17-5-9-23-35(29)43-36-24-10-6-18-30(36)41/h1-2,5-26H. The third kappa shape index (κ3) is 2.74. The topological polar surface area (TPSA) is 18.5 Å². The maximum Gasteiger partial charge on any atom is 0.131 e. The van der Waals surface area contributed by atoms with Gasteiger partial charge in [0.2, 0.25) is 0 Å². The molecule has 9 rings (SSSR count). The summed E-state index contributed by atoms with van der Waals surface area (Å²) in [6.07, 6.45) is 12.6. The van der Waals surface area contributed by atoms with E-state index in [4.69, 9.17) is 22.3 Å². The van der Waals surface area contributed by atoms with E-state index in [0.29, 0.717) is 0 Å². The molecule has 1 aliphatic carbocycles. The first-order valence-electron chi connectivity index (χ1n) is 14.7. The molecular weight excluding hydrogens is 536 g/mol. The first-order chi connectivity index (χ1) is 21.7. The van der Waals surface area contributed by atoms with Crippen molar-refractivity contribution >= 4 is 0 Å². The molecule has 0 radical (unpaired) electrons. The van der Waals surface area contributed by atoms with E-state index < -0.39 is 10.8 Å². The summed E-state index contributed by atoms with van der Waals surface area (Å²) in [6, 6.07) is 46.2. The van der Waals surface area contributed by atoms with Crippen molar-refractivity contribution in [2.45, 2.75) is 10.8 Å². The highest BCUT2D eigenvalue weighted by molar-refractivity contribution is 5.93. The van der Waals surface area contributed by atoms with Crippen LogP contribution in [0, 0.1) is 24.7 Å². The highest BCUT2D eigenvalue weighted by Gasteiger charge is 2.66. The third-order valence-electron chi connectivity index (χ3n) is 9.66. The van der Waals surface area contributed by atoms with E-state index in [9.17, 15) is 0 Å². The molecule has 44 heavy (non-hydrogen) atoms. The number of ether oxygens (including phenoxy) is 2. The minimum absolute atomic E-state index is 0.802. The summed E-state index contributed by atoms with van der Waals surface area (Å²) in [5.41, 5.74) is 8.27. The summed E-state index contributed by atoms with van der Waals surface area (Å²) in [7, 11) is 0. The lowest BCUT2D eigenvalue weighted by Gasteiger charge is -2.59. The molecule has 0 fully saturated rings. The Labute approximate surface area is 256 Å². The number of benzene rings is 6. The van der Waals surface area contributed by atoms with Crippen molar-refractivity contribution < 1.29 is 9.47 Å². The lowest BCUT2D eigenvalue weighted by molar-refractivity contribution is 0.319. The predicted octanol–water partition coefficient (Wildman–Crippen LogP) is 9.21. The first kappa shape index (κ1) is 24.6. The monoisotopic (exact) mass is 560 g/mol. The SMILES string of the molecule is C#Cc1cccc2c1-c1c(C#C)cccc1C1(c3ccccc3Oc3ccccc31)C21c2ccccc2Oc2ccccc21. The molecule has 2 aliphatic heterocycles. The summed E-state index contributed by atoms with van der Waals surface area (Å²) >= 11 is 0. The Bertz CT molecular complexity index is 2020. The van der Waals surface area contributed by atoms with Crippen LogP contribution in [0.2, 0.25) is 0 Å². The van der Waals surface area contributed by atoms with Gasteiger partial charge in [0.1, 0.15) is 23.0 Å². The van der Waals surface area contributed by atoms with Crippen LogP contribution in [-0.4, -0.2) is 0 Å². The average Bonchev–Trinajstić information content (AvgIpc) is 3.09. The molecule has 2 heterocycles. The van der Waals surface area contributed by atoms with Crippen molar-refractivity contribution in [2.75, 3.05) is 0 Å². The number of fused-ring (bicyclic) bond motifs is 14. The molecule has 0 atom stereocenters. The van der Waals surface area contributed by atoms with Crippen LogP contribution in [0.15, 0.2) is 133 Å². The number of hydrogen-bond donors (Lipinski definition) is 0. The van der Waals surface area contributed by atoms with Crippen molar-refractivity contribution in [1.82, 2.24) is 0 Å². The average molecular weight is 561 g/mol. The summed E-state index contributed by atoms with van der Waals surface area (Å²) in [6.45, 7) is 0. The zero-order valence-electron chi connectivity index (χ0n) is 23.7. The van der Waals surface area contributed by atoms with Crippen LogP contribution in [0.5, 0.6) is 23.0 Å². The van der Waals surface area contributed by atoms with Gasteiger partial charge in [0.25, 0.3) is 0 Å². The van der Waals surface area contributed by atoms with Gasteiger partial charge >= 0.3 is 0 Å². The minimum atomic E-state index is -0.836. The number of terminal acetylenes is 2. The van der Waals surface area contributed by atoms with E-state index in [2.05, 4.69) is 109 Å². The van der Waals surface area contributed by atoms with Crippen LogP contribution in [0.4, 0.5) is 0 Å². The van der Waals surface area contributed by atoms with Gasteiger partial charge in [0.15, 0.2) is 0 Å². The smallest absolute Gasteiger partial charge is 0.131 e. The number of hydrogen-bond acceptors (Lipinski definition) is 2. The van der Waals surface area contributed by atoms with Gasteiger partial charge in [-0.15, -0.1) is 12.8 Å². The maximum atomic E-state index is 6.72. The summed E-state index contributed by atoms with van der Waals surface area (Å²) in [5.74, 6) is 9.27. The molecule has 2 spiro atoms. The van der Waals surface area contributed by atoms with Crippen molar-refractivity contribution in [3.05, 3.63) is 178 Å². The summed E-state index contributed by atoms with van der Waals surface area (Å²) in [5, 5.41) is 0. The van der Waals surface area contributed by atoms with Crippen molar-refractivity contribution in [3.8, 4) is 58.8 Å². The Balaban J connectivity index is 1.66. The van der Waals surface area contributed by atoms with E-state index in [1.807, 2.05) is 36.4 Å². The molecule has 204 valence electrons. The maximum absolute atomic E-state index is 6.72. The van der Waals surface area contributed by atoms with Crippen LogP contribution >= 0.6 is 0 Å². The summed E-state index contributed by atoms with van der Waals surface area (Å²) < 4.78 is 13.4. The van der Waals surface area contributed by atoms with Gasteiger partial charge < -0.3 is 9.47 Å². The molecule has 0 unspecified atom stereocenters. The molecule has 0 bridgehead atoms. The van der Waals surface area contributed by atoms with Crippen LogP contribution in [-0.2, 0) is 10.8 Å². The fourth-order valence-corrected chi connectivity index (χ4v) is 8.29. The van der Waals surface area contributed by atoms with Crippen molar-refractivity contribution in [2.24, 2.45) is 0 Å². The van der Waals surface area contributed by atoms with Crippen LogP contribution in [0.25, 0.3) is 11.1 Å². The van der Waals surface area contributed by atoms with Gasteiger partial charge in [-0.1, -0.05) is 109 Å². The fraction of sp³-hybridized carbons (Fsp3) is 0.0476. The second-order valence-corrected chi connectivity index (χ2v) is 11.4. The molecule has 0 N–H and O–H groups in total. The normalized spacial score (nSPS) is 15.0. The molecular formula is C42H24O2. The zero-order valence-corrected chi connectivity index (χ0v) is 23.7. The Morgan fingerprint density at radius 1 is 0.364 bits per heavy atom. The second-order valence-electron chi connectivity index (χ2n) is 11.4. The van der Waals surface area contributed by atoms with E-state index in [1.54, 1.807) is 0 Å². The van der Waals surface area contributed by atoms with Gasteiger partial charge in [0.05, 0.1) is 10.8 Å². The van der Waals surface area contributed by atoms with Crippen LogP contribution in [0.3, 0.4) is 0 Å². The van der Waals surface area contributed by atoms with Gasteiger partial charge in [0, 0.05) is 44.5 Å². The minimum Gasteiger partial charge on any atom is -0.457 e. The second kappa shape index (κ2) is 8.78. The van der Waals surface area contributed by atoms with Crippen LogP contribution in [0.1, 0.15) is 44.5 Å². The Kier molecular flexibility index (Phi) is 4.91. The lowest BCUT2D eigenvalue weighted by Crippen LogP contribution is -2.57. The van der Waals surface area contributed by atoms with Gasteiger partial charge in [-0.3, -0.25) is 0 Å². The molecule has 0 saturated carbocycles. The highest BCUT2D eigenvalue weighted by Crippen LogP contribution is 2.72. The molecule has 0 amide bonds. The first-order valence-corrected chi connectivity index (χ1v) is 14.7. The predicted molar refractivity (Wildman–Crippen MR) is 173 cm³/mol. The Morgan fingerprint density at radius 3 is 0.977 bits per heavy atom. The van der Waals surface area contributed by atoms with E-state index in [-0.39, 0.29) is 0 Å². The Hall–Kier alpha value is -5.96. The lowest BCUT2D eigenvalue weighted by atomic mass is 9.42. The zero-order chi connectivity index (χ0) is 29.5. The van der Waals surface area contributed by atoms with E-state index in [0.717, 1.165) is 78.6 Å². The van der Waals surface area contributed by atoms with E-state index in [1.165, 1.54) is 0 Å². The third-order valence-corrected chi connectivity index (χ3v) is 9.66. The van der Waals surface area contributed by atoms with Crippen molar-refractivity contribution in [1.29, 1.82) is 0 Å². The molecule has 6 aromatic rings. The van der Waals surface area contributed by atoms with Crippen molar-refractivity contribution in [3.63, 3.8) is 0 Å². The number of para-hydroxylation sites is 4. The Morgan fingerprint density at radius 2 is 0.659 bits per heavy atom. The van der Waals surface area contributed by atoms with Gasteiger partial charge in [-0.2, -0.15) is 0 Å². The summed E-state index contributed by atoms with van der Waals surface area (Å²) in [4.78, 5) is 0. The molecule has 0 aromatic heterocycles. The fourth-order valence-electron chi connectivity index (χ4n) is 8.29. The molecule has 0 saturated heterocycles. The quantitative estimate of drug-likeness (QED) is 0.172. The largest absolute Gasteiger partial charge is 0.457 e. The van der Waals surface area contributed by atoms with Gasteiger partial charge in [-0.05, 0) is 47.5 Å². The van der Waals surface area contributed by atoms with E-state index >= 15 is 0 Å². The number of rotatable bonds is 0. The molecule has 2 heteroatoms.